The summed E-state index contributed by atoms with van der Waals surface area (Å²) in [6, 6.07) is 4.45. The summed E-state index contributed by atoms with van der Waals surface area (Å²) in [5.41, 5.74) is 0.887. The van der Waals surface area contributed by atoms with Gasteiger partial charge in [0.1, 0.15) is 5.82 Å². The number of benzene rings is 1. The molecule has 0 aliphatic heterocycles. The van der Waals surface area contributed by atoms with E-state index in [0.29, 0.717) is 23.5 Å². The zero-order valence-electron chi connectivity index (χ0n) is 10.5. The van der Waals surface area contributed by atoms with Gasteiger partial charge in [0.25, 0.3) is 0 Å². The van der Waals surface area contributed by atoms with Crippen molar-refractivity contribution in [2.24, 2.45) is 5.92 Å². The van der Waals surface area contributed by atoms with Crippen LogP contribution >= 0.6 is 15.9 Å². The molecule has 0 bridgehead atoms. The molecule has 0 aliphatic rings. The molecule has 18 heavy (non-hydrogen) atoms. The fourth-order valence-corrected chi connectivity index (χ4v) is 2.26. The van der Waals surface area contributed by atoms with Crippen LogP contribution in [0.3, 0.4) is 0 Å². The molecule has 100 valence electrons. The summed E-state index contributed by atoms with van der Waals surface area (Å²) in [7, 11) is 0. The van der Waals surface area contributed by atoms with Crippen molar-refractivity contribution in [3.05, 3.63) is 34.1 Å². The van der Waals surface area contributed by atoms with Crippen molar-refractivity contribution in [3.63, 3.8) is 0 Å². The average Bonchev–Trinajstić information content (AvgIpc) is 2.20. The van der Waals surface area contributed by atoms with Gasteiger partial charge >= 0.3 is 5.97 Å². The number of hydrogen-bond donors (Lipinski definition) is 1. The molecule has 5 heteroatoms. The maximum atomic E-state index is 13.0. The summed E-state index contributed by atoms with van der Waals surface area (Å²) in [5, 5.41) is 8.87. The zero-order chi connectivity index (χ0) is 13.7. The van der Waals surface area contributed by atoms with Crippen molar-refractivity contribution in [1.29, 1.82) is 0 Å². The van der Waals surface area contributed by atoms with Crippen LogP contribution in [0.4, 0.5) is 4.39 Å². The zero-order valence-corrected chi connectivity index (χ0v) is 12.1. The Labute approximate surface area is 115 Å². The van der Waals surface area contributed by atoms with Crippen LogP contribution in [0.1, 0.15) is 19.4 Å². The Morgan fingerprint density at radius 3 is 2.67 bits per heavy atom. The Bertz CT molecular complexity index is 423. The van der Waals surface area contributed by atoms with Crippen LogP contribution < -0.4 is 0 Å². The van der Waals surface area contributed by atoms with Crippen molar-refractivity contribution in [3.8, 4) is 0 Å². The van der Waals surface area contributed by atoms with Gasteiger partial charge < -0.3 is 5.11 Å². The van der Waals surface area contributed by atoms with Crippen molar-refractivity contribution in [2.45, 2.75) is 20.4 Å². The molecule has 0 fully saturated rings. The minimum absolute atomic E-state index is 0.0119. The highest BCUT2D eigenvalue weighted by Crippen LogP contribution is 2.20. The van der Waals surface area contributed by atoms with Crippen molar-refractivity contribution in [2.75, 3.05) is 13.1 Å². The monoisotopic (exact) mass is 317 g/mol. The predicted octanol–water partition coefficient (Wildman–Crippen LogP) is 3.13. The molecule has 0 aliphatic carbocycles. The Morgan fingerprint density at radius 2 is 2.17 bits per heavy atom. The number of carbonyl (C=O) groups is 1. The highest BCUT2D eigenvalue weighted by molar-refractivity contribution is 9.10. The highest BCUT2D eigenvalue weighted by atomic mass is 79.9. The van der Waals surface area contributed by atoms with Crippen LogP contribution in [0.15, 0.2) is 22.7 Å². The summed E-state index contributed by atoms with van der Waals surface area (Å²) in [5.74, 6) is -0.781. The van der Waals surface area contributed by atoms with Gasteiger partial charge in [0.2, 0.25) is 0 Å². The third kappa shape index (κ3) is 5.14. The van der Waals surface area contributed by atoms with Crippen LogP contribution in [-0.4, -0.2) is 29.1 Å². The first-order chi connectivity index (χ1) is 8.38. The second-order valence-corrected chi connectivity index (χ2v) is 5.55. The van der Waals surface area contributed by atoms with E-state index in [0.717, 1.165) is 5.56 Å². The van der Waals surface area contributed by atoms with Gasteiger partial charge in [0, 0.05) is 17.6 Å². The molecule has 1 aromatic carbocycles. The smallest absolute Gasteiger partial charge is 0.317 e. The Balaban J connectivity index is 2.78. The van der Waals surface area contributed by atoms with Crippen LogP contribution in [0.25, 0.3) is 0 Å². The Kier molecular flexibility index (Phi) is 5.75. The van der Waals surface area contributed by atoms with Gasteiger partial charge in [-0.1, -0.05) is 35.8 Å². The lowest BCUT2D eigenvalue weighted by Gasteiger charge is -2.22. The standard InChI is InChI=1S/C13H17BrFNO2/c1-9(2)6-16(8-13(17)18)7-10-3-4-11(15)5-12(10)14/h3-5,9H,6-8H2,1-2H3,(H,17,18). The maximum Gasteiger partial charge on any atom is 0.317 e. The molecular formula is C13H17BrFNO2. The van der Waals surface area contributed by atoms with Gasteiger partial charge in [-0.3, -0.25) is 9.69 Å². The normalized spacial score (nSPS) is 11.2. The van der Waals surface area contributed by atoms with E-state index in [2.05, 4.69) is 15.9 Å². The molecule has 0 atom stereocenters. The van der Waals surface area contributed by atoms with Gasteiger partial charge in [0.05, 0.1) is 6.54 Å². The van der Waals surface area contributed by atoms with Crippen LogP contribution in [0.2, 0.25) is 0 Å². The number of aliphatic carboxylic acids is 1. The van der Waals surface area contributed by atoms with Crippen molar-refractivity contribution < 1.29 is 14.3 Å². The maximum absolute atomic E-state index is 13.0. The number of nitrogens with zero attached hydrogens (tertiary/aromatic N) is 1. The quantitative estimate of drug-likeness (QED) is 0.876. The van der Waals surface area contributed by atoms with E-state index >= 15 is 0 Å². The molecule has 1 aromatic rings. The summed E-state index contributed by atoms with van der Waals surface area (Å²) in [6.45, 7) is 5.24. The van der Waals surface area contributed by atoms with Gasteiger partial charge in [-0.2, -0.15) is 0 Å². The Morgan fingerprint density at radius 1 is 1.50 bits per heavy atom. The van der Waals surface area contributed by atoms with E-state index in [1.165, 1.54) is 12.1 Å². The van der Waals surface area contributed by atoms with Gasteiger partial charge in [-0.15, -0.1) is 0 Å². The van der Waals surface area contributed by atoms with E-state index in [1.807, 2.05) is 18.7 Å². The van der Waals surface area contributed by atoms with E-state index in [4.69, 9.17) is 5.11 Å². The lowest BCUT2D eigenvalue weighted by atomic mass is 10.1. The highest BCUT2D eigenvalue weighted by Gasteiger charge is 2.13. The fraction of sp³-hybridized carbons (Fsp3) is 0.462. The molecule has 0 radical (unpaired) electrons. The molecule has 0 saturated heterocycles. The summed E-state index contributed by atoms with van der Waals surface area (Å²) >= 11 is 3.29. The summed E-state index contributed by atoms with van der Waals surface area (Å²) < 4.78 is 13.6. The second-order valence-electron chi connectivity index (χ2n) is 4.69. The first-order valence-electron chi connectivity index (χ1n) is 5.76. The lowest BCUT2D eigenvalue weighted by molar-refractivity contribution is -0.138. The molecule has 0 heterocycles. The van der Waals surface area contributed by atoms with Crippen molar-refractivity contribution >= 4 is 21.9 Å². The molecule has 0 unspecified atom stereocenters. The lowest BCUT2D eigenvalue weighted by Crippen LogP contribution is -2.32. The number of rotatable bonds is 6. The summed E-state index contributed by atoms with van der Waals surface area (Å²) in [6.07, 6.45) is 0. The molecule has 0 aromatic heterocycles. The van der Waals surface area contributed by atoms with E-state index in [1.54, 1.807) is 6.07 Å². The van der Waals surface area contributed by atoms with Gasteiger partial charge in [-0.25, -0.2) is 4.39 Å². The molecule has 1 N–H and O–H groups in total. The van der Waals surface area contributed by atoms with E-state index < -0.39 is 5.97 Å². The van der Waals surface area contributed by atoms with Crippen LogP contribution in [-0.2, 0) is 11.3 Å². The number of carboxylic acids is 1. The first kappa shape index (κ1) is 15.1. The Hall–Kier alpha value is -0.940. The largest absolute Gasteiger partial charge is 0.480 e. The predicted molar refractivity (Wildman–Crippen MR) is 71.9 cm³/mol. The fourth-order valence-electron chi connectivity index (χ4n) is 1.78. The molecule has 1 rings (SSSR count). The molecule has 3 nitrogen and oxygen atoms in total. The first-order valence-corrected chi connectivity index (χ1v) is 6.56. The van der Waals surface area contributed by atoms with Crippen LogP contribution in [0, 0.1) is 11.7 Å². The third-order valence-corrected chi connectivity index (χ3v) is 3.13. The third-order valence-electron chi connectivity index (χ3n) is 2.39. The summed E-state index contributed by atoms with van der Waals surface area (Å²) in [4.78, 5) is 12.6. The molecule has 0 saturated carbocycles. The van der Waals surface area contributed by atoms with Crippen molar-refractivity contribution in [1.82, 2.24) is 4.90 Å². The van der Waals surface area contributed by atoms with E-state index in [9.17, 15) is 9.18 Å². The van der Waals surface area contributed by atoms with Crippen LogP contribution in [0.5, 0.6) is 0 Å². The number of carboxylic acid groups (broad SMARTS) is 1. The van der Waals surface area contributed by atoms with E-state index in [-0.39, 0.29) is 12.4 Å². The van der Waals surface area contributed by atoms with Gasteiger partial charge in [0.15, 0.2) is 0 Å². The number of hydrogen-bond acceptors (Lipinski definition) is 2. The minimum Gasteiger partial charge on any atom is -0.480 e. The van der Waals surface area contributed by atoms with Gasteiger partial charge in [-0.05, 0) is 23.6 Å². The minimum atomic E-state index is -0.853. The molecular weight excluding hydrogens is 301 g/mol. The SMILES string of the molecule is CC(C)CN(CC(=O)O)Cc1ccc(F)cc1Br. The number of halogens is 2. The topological polar surface area (TPSA) is 40.5 Å². The average molecular weight is 318 g/mol. The molecule has 0 spiro atoms. The molecule has 0 amide bonds. The second kappa shape index (κ2) is 6.85.